The summed E-state index contributed by atoms with van der Waals surface area (Å²) >= 11 is 0. The molecule has 0 bridgehead atoms. The molecule has 1 atom stereocenters. The molecule has 0 unspecified atom stereocenters. The van der Waals surface area contributed by atoms with E-state index in [-0.39, 0.29) is 23.9 Å². The van der Waals surface area contributed by atoms with E-state index in [0.29, 0.717) is 55.7 Å². The molecule has 0 saturated carbocycles. The van der Waals surface area contributed by atoms with Crippen LogP contribution in [-0.2, 0) is 11.3 Å². The summed E-state index contributed by atoms with van der Waals surface area (Å²) in [6.07, 6.45) is 0. The SMILES string of the molecule is CC(=O)N1CCN(c2nc(N[C@H](C)c3cccc(C#N)c3)c3c(n2)C(=O)N(C(C)C)C3)CC1. The number of piperazine rings is 1. The van der Waals surface area contributed by atoms with Crippen molar-refractivity contribution in [1.29, 1.82) is 5.26 Å². The first-order valence-corrected chi connectivity index (χ1v) is 11.3. The van der Waals surface area contributed by atoms with Gasteiger partial charge in [-0.2, -0.15) is 10.2 Å². The van der Waals surface area contributed by atoms with E-state index in [4.69, 9.17) is 4.98 Å². The molecule has 1 aromatic heterocycles. The van der Waals surface area contributed by atoms with Crippen LogP contribution in [0.5, 0.6) is 0 Å². The molecule has 0 radical (unpaired) electrons. The van der Waals surface area contributed by atoms with Crippen LogP contribution in [0.3, 0.4) is 0 Å². The predicted molar refractivity (Wildman–Crippen MR) is 125 cm³/mol. The first-order valence-electron chi connectivity index (χ1n) is 11.3. The number of hydrogen-bond donors (Lipinski definition) is 1. The second kappa shape index (κ2) is 9.06. The third kappa shape index (κ3) is 4.46. The van der Waals surface area contributed by atoms with Gasteiger partial charge < -0.3 is 20.0 Å². The Balaban J connectivity index is 1.67. The van der Waals surface area contributed by atoms with Crippen LogP contribution in [0.1, 0.15) is 60.9 Å². The Morgan fingerprint density at radius 2 is 1.88 bits per heavy atom. The quantitative estimate of drug-likeness (QED) is 0.751. The van der Waals surface area contributed by atoms with Crippen molar-refractivity contribution in [2.75, 3.05) is 36.4 Å². The average Bonchev–Trinajstić information content (AvgIpc) is 3.16. The molecule has 1 fully saturated rings. The zero-order valence-electron chi connectivity index (χ0n) is 19.5. The van der Waals surface area contributed by atoms with Gasteiger partial charge in [0.2, 0.25) is 11.9 Å². The minimum absolute atomic E-state index is 0.0480. The lowest BCUT2D eigenvalue weighted by atomic mass is 10.1. The molecule has 0 spiro atoms. The van der Waals surface area contributed by atoms with Crippen LogP contribution >= 0.6 is 0 Å². The number of rotatable bonds is 5. The van der Waals surface area contributed by atoms with Crippen molar-refractivity contribution in [2.45, 2.75) is 46.3 Å². The van der Waals surface area contributed by atoms with Crippen LogP contribution in [0.2, 0.25) is 0 Å². The highest BCUT2D eigenvalue weighted by atomic mass is 16.2. The highest BCUT2D eigenvalue weighted by Crippen LogP contribution is 2.32. The lowest BCUT2D eigenvalue weighted by Crippen LogP contribution is -2.48. The lowest BCUT2D eigenvalue weighted by Gasteiger charge is -2.34. The fourth-order valence-corrected chi connectivity index (χ4v) is 4.24. The molecule has 2 aliphatic rings. The number of nitrogens with one attached hydrogen (secondary N) is 1. The minimum Gasteiger partial charge on any atom is -0.363 e. The van der Waals surface area contributed by atoms with Crippen molar-refractivity contribution in [3.8, 4) is 6.07 Å². The molecule has 33 heavy (non-hydrogen) atoms. The molecule has 9 heteroatoms. The molecule has 2 aliphatic heterocycles. The van der Waals surface area contributed by atoms with Gasteiger partial charge >= 0.3 is 0 Å². The van der Waals surface area contributed by atoms with Gasteiger partial charge in [-0.05, 0) is 38.5 Å². The van der Waals surface area contributed by atoms with Gasteiger partial charge in [0.15, 0.2) is 0 Å². The minimum atomic E-state index is -0.122. The van der Waals surface area contributed by atoms with E-state index < -0.39 is 0 Å². The van der Waals surface area contributed by atoms with Gasteiger partial charge in [0, 0.05) is 50.7 Å². The maximum Gasteiger partial charge on any atom is 0.273 e. The Hall–Kier alpha value is -3.67. The zero-order valence-corrected chi connectivity index (χ0v) is 19.5. The smallest absolute Gasteiger partial charge is 0.273 e. The Morgan fingerprint density at radius 3 is 2.52 bits per heavy atom. The largest absolute Gasteiger partial charge is 0.363 e. The molecule has 172 valence electrons. The molecule has 1 saturated heterocycles. The van der Waals surface area contributed by atoms with Crippen molar-refractivity contribution in [3.05, 3.63) is 46.6 Å². The van der Waals surface area contributed by atoms with E-state index >= 15 is 0 Å². The Labute approximate surface area is 194 Å². The highest BCUT2D eigenvalue weighted by molar-refractivity contribution is 5.98. The summed E-state index contributed by atoms with van der Waals surface area (Å²) in [5, 5.41) is 12.7. The van der Waals surface area contributed by atoms with E-state index in [2.05, 4.69) is 16.4 Å². The summed E-state index contributed by atoms with van der Waals surface area (Å²) in [6, 6.07) is 9.56. The summed E-state index contributed by atoms with van der Waals surface area (Å²) in [5.74, 6) is 1.10. The molecular weight excluding hydrogens is 418 g/mol. The first-order chi connectivity index (χ1) is 15.8. The fourth-order valence-electron chi connectivity index (χ4n) is 4.24. The molecular formula is C24H29N7O2. The molecule has 1 N–H and O–H groups in total. The van der Waals surface area contributed by atoms with Crippen molar-refractivity contribution in [1.82, 2.24) is 19.8 Å². The Kier molecular flexibility index (Phi) is 6.18. The maximum atomic E-state index is 13.1. The molecule has 9 nitrogen and oxygen atoms in total. The van der Waals surface area contributed by atoms with Crippen LogP contribution in [0.15, 0.2) is 24.3 Å². The van der Waals surface area contributed by atoms with Crippen LogP contribution in [0.25, 0.3) is 0 Å². The molecule has 2 amide bonds. The average molecular weight is 448 g/mol. The van der Waals surface area contributed by atoms with Gasteiger partial charge in [-0.3, -0.25) is 9.59 Å². The summed E-state index contributed by atoms with van der Waals surface area (Å²) in [4.78, 5) is 39.9. The number of carbonyl (C=O) groups excluding carboxylic acids is 2. The molecule has 2 aromatic rings. The second-order valence-corrected chi connectivity index (χ2v) is 8.82. The Morgan fingerprint density at radius 1 is 1.15 bits per heavy atom. The van der Waals surface area contributed by atoms with Gasteiger partial charge in [0.05, 0.1) is 18.2 Å². The monoisotopic (exact) mass is 447 g/mol. The molecule has 1 aromatic carbocycles. The number of benzene rings is 1. The van der Waals surface area contributed by atoms with Gasteiger partial charge in [0.1, 0.15) is 11.5 Å². The van der Waals surface area contributed by atoms with Crippen molar-refractivity contribution < 1.29 is 9.59 Å². The molecule has 0 aliphatic carbocycles. The molecule has 3 heterocycles. The third-order valence-electron chi connectivity index (χ3n) is 6.29. The number of nitrogens with zero attached hydrogens (tertiary/aromatic N) is 6. The van der Waals surface area contributed by atoms with E-state index in [1.165, 1.54) is 0 Å². The number of fused-ring (bicyclic) bond motifs is 1. The van der Waals surface area contributed by atoms with Gasteiger partial charge in [-0.15, -0.1) is 0 Å². The topological polar surface area (TPSA) is 105 Å². The number of amides is 2. The maximum absolute atomic E-state index is 13.1. The van der Waals surface area contributed by atoms with E-state index in [1.807, 2.05) is 43.9 Å². The third-order valence-corrected chi connectivity index (χ3v) is 6.29. The summed E-state index contributed by atoms with van der Waals surface area (Å²) in [5.41, 5.74) is 2.79. The number of aromatic nitrogens is 2. The summed E-state index contributed by atoms with van der Waals surface area (Å²) in [7, 11) is 0. The number of anilines is 2. The summed E-state index contributed by atoms with van der Waals surface area (Å²) < 4.78 is 0. The Bertz CT molecular complexity index is 1120. The van der Waals surface area contributed by atoms with Crippen LogP contribution in [0.4, 0.5) is 11.8 Å². The van der Waals surface area contributed by atoms with E-state index in [0.717, 1.165) is 11.1 Å². The highest BCUT2D eigenvalue weighted by Gasteiger charge is 2.35. The van der Waals surface area contributed by atoms with Crippen molar-refractivity contribution in [2.24, 2.45) is 0 Å². The molecule has 4 rings (SSSR count). The number of carbonyl (C=O) groups is 2. The number of nitriles is 1. The normalized spacial score (nSPS) is 16.6. The van der Waals surface area contributed by atoms with Crippen LogP contribution < -0.4 is 10.2 Å². The van der Waals surface area contributed by atoms with Gasteiger partial charge in [-0.25, -0.2) is 4.98 Å². The van der Waals surface area contributed by atoms with Crippen molar-refractivity contribution >= 4 is 23.6 Å². The zero-order chi connectivity index (χ0) is 23.7. The van der Waals surface area contributed by atoms with Crippen LogP contribution in [-0.4, -0.2) is 63.8 Å². The van der Waals surface area contributed by atoms with Crippen molar-refractivity contribution in [3.63, 3.8) is 0 Å². The lowest BCUT2D eigenvalue weighted by molar-refractivity contribution is -0.129. The standard InChI is InChI=1S/C24H29N7O2/c1-15(2)31-14-20-21(23(31)33)27-24(30-10-8-29(9-11-30)17(4)32)28-22(20)26-16(3)19-7-5-6-18(12-19)13-25/h5-7,12,15-16H,8-11,14H2,1-4H3,(H,26,27,28)/t16-/m1/s1. The van der Waals surface area contributed by atoms with E-state index in [9.17, 15) is 14.9 Å². The van der Waals surface area contributed by atoms with Crippen LogP contribution in [0, 0.1) is 11.3 Å². The van der Waals surface area contributed by atoms with E-state index in [1.54, 1.807) is 22.8 Å². The fraction of sp³-hybridized carbons (Fsp3) is 0.458. The predicted octanol–water partition coefficient (Wildman–Crippen LogP) is 2.55. The second-order valence-electron chi connectivity index (χ2n) is 8.82. The number of hydrogen-bond acceptors (Lipinski definition) is 7. The first kappa shape index (κ1) is 22.5. The summed E-state index contributed by atoms with van der Waals surface area (Å²) in [6.45, 7) is 10.4. The van der Waals surface area contributed by atoms with Gasteiger partial charge in [0.25, 0.3) is 5.91 Å². The van der Waals surface area contributed by atoms with Gasteiger partial charge in [-0.1, -0.05) is 12.1 Å².